The van der Waals surface area contributed by atoms with E-state index in [0.29, 0.717) is 12.1 Å². The molecule has 94 valence electrons. The van der Waals surface area contributed by atoms with Gasteiger partial charge in [-0.1, -0.05) is 18.2 Å². The predicted octanol–water partition coefficient (Wildman–Crippen LogP) is 2.50. The van der Waals surface area contributed by atoms with Crippen LogP contribution in [0, 0.1) is 0 Å². The lowest BCUT2D eigenvalue weighted by atomic mass is 10.1. The normalized spacial score (nSPS) is 23.6. The van der Waals surface area contributed by atoms with E-state index in [4.69, 9.17) is 4.74 Å². The molecule has 2 atom stereocenters. The monoisotopic (exact) mass is 242 g/mol. The molecule has 3 heteroatoms. The topological polar surface area (TPSA) is 34.1 Å². The van der Waals surface area contributed by atoms with Crippen molar-refractivity contribution in [3.8, 4) is 0 Å². The molecule has 18 heavy (non-hydrogen) atoms. The van der Waals surface area contributed by atoms with E-state index in [1.54, 1.807) is 0 Å². The first-order chi connectivity index (χ1) is 8.84. The molecule has 1 aromatic carbocycles. The number of para-hydroxylation sites is 1. The number of ether oxygens (including phenoxy) is 1. The van der Waals surface area contributed by atoms with Crippen molar-refractivity contribution in [2.24, 2.45) is 0 Å². The van der Waals surface area contributed by atoms with Crippen LogP contribution in [-0.2, 0) is 11.3 Å². The Morgan fingerprint density at radius 3 is 3.06 bits per heavy atom. The number of aromatic nitrogens is 1. The van der Waals surface area contributed by atoms with E-state index in [1.165, 1.54) is 10.9 Å². The second-order valence-corrected chi connectivity index (χ2v) is 4.84. The van der Waals surface area contributed by atoms with Crippen LogP contribution in [0.25, 0.3) is 10.9 Å². The van der Waals surface area contributed by atoms with Gasteiger partial charge in [-0.15, -0.1) is 0 Å². The van der Waals surface area contributed by atoms with Gasteiger partial charge in [0, 0.05) is 30.8 Å². The first-order valence-electron chi connectivity index (χ1n) is 6.52. The van der Waals surface area contributed by atoms with Crippen molar-refractivity contribution in [2.45, 2.75) is 32.0 Å². The van der Waals surface area contributed by atoms with Crippen LogP contribution in [0.3, 0.4) is 0 Å². The smallest absolute Gasteiger partial charge is 0.0705 e. The molecular weight excluding hydrogens is 224 g/mol. The molecule has 1 saturated heterocycles. The lowest BCUT2D eigenvalue weighted by molar-refractivity contribution is 0.113. The van der Waals surface area contributed by atoms with Gasteiger partial charge >= 0.3 is 0 Å². The minimum Gasteiger partial charge on any atom is -0.377 e. The number of hydrogen-bond acceptors (Lipinski definition) is 3. The minimum absolute atomic E-state index is 0.318. The summed E-state index contributed by atoms with van der Waals surface area (Å²) in [5, 5.41) is 4.82. The molecule has 2 unspecified atom stereocenters. The summed E-state index contributed by atoms with van der Waals surface area (Å²) in [6, 6.07) is 10.8. The number of benzene rings is 1. The Bertz CT molecular complexity index is 536. The van der Waals surface area contributed by atoms with Crippen molar-refractivity contribution >= 4 is 10.9 Å². The van der Waals surface area contributed by atoms with Crippen LogP contribution < -0.4 is 5.32 Å². The molecule has 1 aromatic heterocycles. The van der Waals surface area contributed by atoms with E-state index < -0.39 is 0 Å². The number of rotatable bonds is 3. The first-order valence-corrected chi connectivity index (χ1v) is 6.52. The molecule has 0 radical (unpaired) electrons. The second-order valence-electron chi connectivity index (χ2n) is 4.84. The summed E-state index contributed by atoms with van der Waals surface area (Å²) >= 11 is 0. The van der Waals surface area contributed by atoms with Gasteiger partial charge < -0.3 is 10.1 Å². The zero-order valence-corrected chi connectivity index (χ0v) is 10.6. The van der Waals surface area contributed by atoms with E-state index in [2.05, 4.69) is 41.5 Å². The number of hydrogen-bond donors (Lipinski definition) is 1. The highest BCUT2D eigenvalue weighted by atomic mass is 16.5. The van der Waals surface area contributed by atoms with Gasteiger partial charge in [0.25, 0.3) is 0 Å². The Morgan fingerprint density at radius 1 is 1.33 bits per heavy atom. The summed E-state index contributed by atoms with van der Waals surface area (Å²) in [7, 11) is 0. The van der Waals surface area contributed by atoms with Gasteiger partial charge in [-0.2, -0.15) is 0 Å². The van der Waals surface area contributed by atoms with Crippen LogP contribution >= 0.6 is 0 Å². The van der Waals surface area contributed by atoms with Crippen molar-refractivity contribution in [2.75, 3.05) is 6.61 Å². The summed E-state index contributed by atoms with van der Waals surface area (Å²) in [6.07, 6.45) is 3.30. The SMILES string of the molecule is CC1OCCC1NCc1ccnc2ccccc12. The third-order valence-electron chi connectivity index (χ3n) is 3.67. The van der Waals surface area contributed by atoms with E-state index in [-0.39, 0.29) is 0 Å². The Kier molecular flexibility index (Phi) is 3.26. The molecule has 0 aliphatic carbocycles. The zero-order valence-electron chi connectivity index (χ0n) is 10.6. The lowest BCUT2D eigenvalue weighted by Crippen LogP contribution is -2.34. The molecule has 2 aromatic rings. The highest BCUT2D eigenvalue weighted by Crippen LogP contribution is 2.18. The minimum atomic E-state index is 0.318. The average molecular weight is 242 g/mol. The van der Waals surface area contributed by atoms with Crippen molar-refractivity contribution < 1.29 is 4.74 Å². The van der Waals surface area contributed by atoms with E-state index >= 15 is 0 Å². The fraction of sp³-hybridized carbons (Fsp3) is 0.400. The Balaban J connectivity index is 1.78. The quantitative estimate of drug-likeness (QED) is 0.898. The molecule has 3 rings (SSSR count). The fourth-order valence-corrected chi connectivity index (χ4v) is 2.55. The number of nitrogens with zero attached hydrogens (tertiary/aromatic N) is 1. The summed E-state index contributed by atoms with van der Waals surface area (Å²) in [4.78, 5) is 4.38. The first kappa shape index (κ1) is 11.6. The van der Waals surface area contributed by atoms with Crippen LogP contribution in [0.5, 0.6) is 0 Å². The molecule has 0 bridgehead atoms. The zero-order chi connectivity index (χ0) is 12.4. The molecule has 3 nitrogen and oxygen atoms in total. The van der Waals surface area contributed by atoms with Gasteiger partial charge in [0.1, 0.15) is 0 Å². The third kappa shape index (κ3) is 2.24. The lowest BCUT2D eigenvalue weighted by Gasteiger charge is -2.16. The Hall–Kier alpha value is -1.45. The molecule has 1 N–H and O–H groups in total. The maximum atomic E-state index is 5.57. The third-order valence-corrected chi connectivity index (χ3v) is 3.67. The predicted molar refractivity (Wildman–Crippen MR) is 72.4 cm³/mol. The van der Waals surface area contributed by atoms with Crippen molar-refractivity contribution in [3.63, 3.8) is 0 Å². The number of fused-ring (bicyclic) bond motifs is 1. The molecule has 1 fully saturated rings. The summed E-state index contributed by atoms with van der Waals surface area (Å²) < 4.78 is 5.57. The largest absolute Gasteiger partial charge is 0.377 e. The molecule has 1 aliphatic heterocycles. The Morgan fingerprint density at radius 2 is 2.22 bits per heavy atom. The summed E-state index contributed by atoms with van der Waals surface area (Å²) in [6.45, 7) is 3.88. The van der Waals surface area contributed by atoms with Crippen molar-refractivity contribution in [1.82, 2.24) is 10.3 Å². The van der Waals surface area contributed by atoms with Crippen molar-refractivity contribution in [3.05, 3.63) is 42.1 Å². The fourth-order valence-electron chi connectivity index (χ4n) is 2.55. The Labute approximate surface area is 107 Å². The van der Waals surface area contributed by atoms with Gasteiger partial charge in [0.05, 0.1) is 11.6 Å². The van der Waals surface area contributed by atoms with E-state index in [9.17, 15) is 0 Å². The molecule has 1 aliphatic rings. The highest BCUT2D eigenvalue weighted by Gasteiger charge is 2.23. The molecule has 0 spiro atoms. The molecule has 0 amide bonds. The second kappa shape index (κ2) is 5.04. The van der Waals surface area contributed by atoms with Gasteiger partial charge in [-0.3, -0.25) is 4.98 Å². The van der Waals surface area contributed by atoms with Gasteiger partial charge in [0.15, 0.2) is 0 Å². The molecule has 2 heterocycles. The van der Waals surface area contributed by atoms with Crippen LogP contribution in [0.4, 0.5) is 0 Å². The maximum Gasteiger partial charge on any atom is 0.0705 e. The van der Waals surface area contributed by atoms with Crippen LogP contribution in [0.2, 0.25) is 0 Å². The van der Waals surface area contributed by atoms with Crippen LogP contribution in [0.1, 0.15) is 18.9 Å². The van der Waals surface area contributed by atoms with Crippen LogP contribution in [-0.4, -0.2) is 23.7 Å². The van der Waals surface area contributed by atoms with E-state index in [1.807, 2.05) is 12.3 Å². The van der Waals surface area contributed by atoms with E-state index in [0.717, 1.165) is 25.1 Å². The van der Waals surface area contributed by atoms with Crippen LogP contribution in [0.15, 0.2) is 36.5 Å². The highest BCUT2D eigenvalue weighted by molar-refractivity contribution is 5.81. The summed E-state index contributed by atoms with van der Waals surface area (Å²) in [5.74, 6) is 0. The average Bonchev–Trinajstić information content (AvgIpc) is 2.82. The standard InChI is InChI=1S/C15H18N2O/c1-11-14(7-9-18-11)17-10-12-6-8-16-15-5-3-2-4-13(12)15/h2-6,8,11,14,17H,7,9-10H2,1H3. The number of nitrogens with one attached hydrogen (secondary N) is 1. The van der Waals surface area contributed by atoms with Gasteiger partial charge in [0.2, 0.25) is 0 Å². The van der Waals surface area contributed by atoms with Gasteiger partial charge in [-0.05, 0) is 31.0 Å². The summed E-state index contributed by atoms with van der Waals surface area (Å²) in [5.41, 5.74) is 2.37. The van der Waals surface area contributed by atoms with Crippen molar-refractivity contribution in [1.29, 1.82) is 0 Å². The number of pyridine rings is 1. The molecular formula is C15H18N2O. The molecule has 0 saturated carbocycles. The maximum absolute atomic E-state index is 5.57. The van der Waals surface area contributed by atoms with Gasteiger partial charge in [-0.25, -0.2) is 0 Å².